The van der Waals surface area contributed by atoms with Crippen molar-refractivity contribution in [3.05, 3.63) is 51.2 Å². The number of carboxylic acid groups (broad SMARTS) is 1. The van der Waals surface area contributed by atoms with E-state index >= 15 is 0 Å². The number of thiophene rings is 1. The molecule has 3 rings (SSSR count). The second kappa shape index (κ2) is 7.37. The highest BCUT2D eigenvalue weighted by Crippen LogP contribution is 2.34. The number of carboxylic acids is 1. The number of rotatable bonds is 6. The molecule has 0 spiro atoms. The number of benzene rings is 1. The fraction of sp³-hybridized carbons (Fsp3) is 0.381. The summed E-state index contributed by atoms with van der Waals surface area (Å²) in [6, 6.07) is 5.34. The van der Waals surface area contributed by atoms with Gasteiger partial charge in [0.2, 0.25) is 0 Å². The van der Waals surface area contributed by atoms with Gasteiger partial charge in [0.15, 0.2) is 0 Å². The normalized spacial score (nSPS) is 15.1. The Balaban J connectivity index is 2.05. The number of allylic oxidation sites excluding steroid dienone is 1. The number of sulfonamides is 1. The number of aryl methyl sites for hydroxylation is 1. The van der Waals surface area contributed by atoms with E-state index < -0.39 is 16.0 Å². The molecule has 1 aromatic carbocycles. The maximum absolute atomic E-state index is 13.1. The van der Waals surface area contributed by atoms with E-state index in [9.17, 15) is 18.3 Å². The zero-order valence-corrected chi connectivity index (χ0v) is 18.1. The second-order valence-electron chi connectivity index (χ2n) is 8.23. The molecule has 2 aromatic rings. The quantitative estimate of drug-likeness (QED) is 0.667. The Morgan fingerprint density at radius 1 is 1.29 bits per heavy atom. The van der Waals surface area contributed by atoms with Crippen LogP contribution in [0, 0.1) is 12.8 Å². The molecule has 0 atom stereocenters. The van der Waals surface area contributed by atoms with Crippen LogP contribution in [0.15, 0.2) is 34.6 Å². The molecule has 1 aliphatic rings. The van der Waals surface area contributed by atoms with Crippen molar-refractivity contribution in [1.29, 1.82) is 0 Å². The third kappa shape index (κ3) is 4.47. The summed E-state index contributed by atoms with van der Waals surface area (Å²) < 4.78 is 28.8. The summed E-state index contributed by atoms with van der Waals surface area (Å²) in [5, 5.41) is 11.0. The monoisotopic (exact) mass is 419 g/mol. The Morgan fingerprint density at radius 3 is 2.54 bits per heavy atom. The number of anilines is 1. The Kier molecular flexibility index (Phi) is 5.42. The number of hydrogen-bond donors (Lipinski definition) is 2. The minimum Gasteiger partial charge on any atom is -0.477 e. The minimum atomic E-state index is -3.94. The van der Waals surface area contributed by atoms with Gasteiger partial charge in [-0.1, -0.05) is 39.0 Å². The van der Waals surface area contributed by atoms with E-state index in [-0.39, 0.29) is 20.9 Å². The summed E-state index contributed by atoms with van der Waals surface area (Å²) >= 11 is 1.01. The maximum Gasteiger partial charge on any atom is 0.348 e. The van der Waals surface area contributed by atoms with E-state index in [0.29, 0.717) is 17.0 Å². The highest BCUT2D eigenvalue weighted by molar-refractivity contribution is 7.92. The van der Waals surface area contributed by atoms with Crippen LogP contribution in [-0.2, 0) is 15.4 Å². The van der Waals surface area contributed by atoms with Crippen LogP contribution in [0.2, 0.25) is 0 Å². The Bertz CT molecular complexity index is 1040. The number of nitrogens with one attached hydrogen (secondary N) is 1. The first kappa shape index (κ1) is 20.6. The molecule has 5 nitrogen and oxygen atoms in total. The van der Waals surface area contributed by atoms with Crippen LogP contribution in [0.25, 0.3) is 6.08 Å². The number of carbonyl (C=O) groups is 1. The standard InChI is InChI=1S/C21H25NO4S2/c1-13-12-27-19(20(23)24)18(13)22-28(25,26)17-10-9-16(21(2,3)4)11-15(17)8-7-14-5-6-14/h7-12,14,22H,5-6H2,1-4H3,(H,23,24). The van der Waals surface area contributed by atoms with Crippen LogP contribution in [0.1, 0.15) is 60.0 Å². The Morgan fingerprint density at radius 2 is 1.96 bits per heavy atom. The van der Waals surface area contributed by atoms with Crippen LogP contribution in [0.4, 0.5) is 5.69 Å². The second-order valence-corrected chi connectivity index (χ2v) is 10.8. The zero-order chi connectivity index (χ0) is 20.7. The van der Waals surface area contributed by atoms with Gasteiger partial charge in [-0.2, -0.15) is 0 Å². The highest BCUT2D eigenvalue weighted by Gasteiger charge is 2.25. The molecule has 150 valence electrons. The van der Waals surface area contributed by atoms with Crippen molar-refractivity contribution in [2.24, 2.45) is 5.92 Å². The van der Waals surface area contributed by atoms with Crippen LogP contribution in [0.3, 0.4) is 0 Å². The SMILES string of the molecule is Cc1csc(C(=O)O)c1NS(=O)(=O)c1ccc(C(C)(C)C)cc1C=CC1CC1. The lowest BCUT2D eigenvalue weighted by molar-refractivity contribution is 0.0703. The molecule has 2 N–H and O–H groups in total. The van der Waals surface area contributed by atoms with Crippen molar-refractivity contribution in [3.63, 3.8) is 0 Å². The largest absolute Gasteiger partial charge is 0.477 e. The molecular weight excluding hydrogens is 394 g/mol. The number of aromatic carboxylic acids is 1. The lowest BCUT2D eigenvalue weighted by atomic mass is 9.86. The molecule has 1 heterocycles. The molecule has 1 aliphatic carbocycles. The summed E-state index contributed by atoms with van der Waals surface area (Å²) in [6.45, 7) is 7.93. The van der Waals surface area contributed by atoms with Gasteiger partial charge in [0.05, 0.1) is 10.6 Å². The average Bonchev–Trinajstić information content (AvgIpc) is 3.35. The van der Waals surface area contributed by atoms with Gasteiger partial charge in [-0.05, 0) is 65.3 Å². The van der Waals surface area contributed by atoms with Crippen LogP contribution in [-0.4, -0.2) is 19.5 Å². The Hall–Kier alpha value is -2.12. The first-order valence-corrected chi connectivity index (χ1v) is 11.5. The van der Waals surface area contributed by atoms with Crippen LogP contribution >= 0.6 is 11.3 Å². The fourth-order valence-corrected chi connectivity index (χ4v) is 5.07. The summed E-state index contributed by atoms with van der Waals surface area (Å²) in [6.07, 6.45) is 6.19. The topological polar surface area (TPSA) is 83.5 Å². The molecule has 0 amide bonds. The van der Waals surface area contributed by atoms with Crippen molar-refractivity contribution in [1.82, 2.24) is 0 Å². The van der Waals surface area contributed by atoms with E-state index in [1.807, 2.05) is 18.2 Å². The fourth-order valence-electron chi connectivity index (χ4n) is 2.84. The third-order valence-corrected chi connectivity index (χ3v) is 7.25. The highest BCUT2D eigenvalue weighted by atomic mass is 32.2. The summed E-state index contributed by atoms with van der Waals surface area (Å²) in [5.74, 6) is -0.632. The molecule has 1 fully saturated rings. The van der Waals surface area contributed by atoms with Gasteiger partial charge in [0, 0.05) is 0 Å². The van der Waals surface area contributed by atoms with Gasteiger partial charge in [-0.3, -0.25) is 4.72 Å². The van der Waals surface area contributed by atoms with Gasteiger partial charge in [-0.25, -0.2) is 13.2 Å². The van der Waals surface area contributed by atoms with E-state index in [1.54, 1.807) is 18.4 Å². The first-order chi connectivity index (χ1) is 13.0. The molecule has 1 saturated carbocycles. The van der Waals surface area contributed by atoms with E-state index in [0.717, 1.165) is 29.7 Å². The van der Waals surface area contributed by atoms with Gasteiger partial charge in [0.1, 0.15) is 4.88 Å². The molecule has 28 heavy (non-hydrogen) atoms. The first-order valence-electron chi connectivity index (χ1n) is 9.16. The lowest BCUT2D eigenvalue weighted by Gasteiger charge is -2.21. The third-order valence-electron chi connectivity index (χ3n) is 4.74. The molecule has 1 aromatic heterocycles. The van der Waals surface area contributed by atoms with Gasteiger partial charge in [0.25, 0.3) is 10.0 Å². The van der Waals surface area contributed by atoms with E-state index in [1.165, 1.54) is 0 Å². The summed E-state index contributed by atoms with van der Waals surface area (Å²) in [7, 11) is -3.94. The summed E-state index contributed by atoms with van der Waals surface area (Å²) in [5.41, 5.74) is 2.27. The van der Waals surface area contributed by atoms with E-state index in [4.69, 9.17) is 0 Å². The van der Waals surface area contributed by atoms with Crippen LogP contribution < -0.4 is 4.72 Å². The van der Waals surface area contributed by atoms with Crippen molar-refractivity contribution in [3.8, 4) is 0 Å². The molecule has 7 heteroatoms. The molecule has 0 radical (unpaired) electrons. The number of hydrogen-bond acceptors (Lipinski definition) is 4. The lowest BCUT2D eigenvalue weighted by Crippen LogP contribution is -2.18. The Labute approximate surface area is 170 Å². The predicted octanol–water partition coefficient (Wildman–Crippen LogP) is 5.28. The minimum absolute atomic E-state index is 0.0116. The zero-order valence-electron chi connectivity index (χ0n) is 16.4. The van der Waals surface area contributed by atoms with Crippen molar-refractivity contribution in [2.45, 2.75) is 50.8 Å². The van der Waals surface area contributed by atoms with E-state index in [2.05, 4.69) is 31.6 Å². The van der Waals surface area contributed by atoms with Crippen molar-refractivity contribution >= 4 is 39.1 Å². The van der Waals surface area contributed by atoms with Crippen molar-refractivity contribution in [2.75, 3.05) is 4.72 Å². The molecular formula is C21H25NO4S2. The molecule has 0 aliphatic heterocycles. The van der Waals surface area contributed by atoms with Gasteiger partial charge in [-0.15, -0.1) is 11.3 Å². The molecule has 0 saturated heterocycles. The average molecular weight is 420 g/mol. The van der Waals surface area contributed by atoms with Gasteiger partial charge >= 0.3 is 5.97 Å². The smallest absolute Gasteiger partial charge is 0.348 e. The van der Waals surface area contributed by atoms with Crippen molar-refractivity contribution < 1.29 is 18.3 Å². The molecule has 0 unspecified atom stereocenters. The molecule has 0 bridgehead atoms. The van der Waals surface area contributed by atoms with Crippen LogP contribution in [0.5, 0.6) is 0 Å². The maximum atomic E-state index is 13.1. The summed E-state index contributed by atoms with van der Waals surface area (Å²) in [4.78, 5) is 11.6. The predicted molar refractivity (Wildman–Crippen MR) is 114 cm³/mol. The van der Waals surface area contributed by atoms with Gasteiger partial charge < -0.3 is 5.11 Å².